The zero-order chi connectivity index (χ0) is 18.0. The maximum Gasteiger partial charge on any atom is 0.271 e. The highest BCUT2D eigenvalue weighted by Crippen LogP contribution is 2.21. The summed E-state index contributed by atoms with van der Waals surface area (Å²) in [7, 11) is 0. The molecular formula is C17H15ClN4O3. The molecule has 0 radical (unpaired) electrons. The Kier molecular flexibility index (Phi) is 4.67. The lowest BCUT2D eigenvalue weighted by atomic mass is 10.1. The number of aromatic nitrogens is 2. The number of fused-ring (bicyclic) bond motifs is 1. The number of carbonyl (C=O) groups is 1. The van der Waals surface area contributed by atoms with Gasteiger partial charge >= 0.3 is 0 Å². The smallest absolute Gasteiger partial charge is 0.271 e. The third-order valence-electron chi connectivity index (χ3n) is 3.76. The SMILES string of the molecule is CC(NC(=O)Cc1ccc(Cl)cc1)c1nc2ccc([N+](=O)[O-])cc2[nH]1. The van der Waals surface area contributed by atoms with Gasteiger partial charge in [0, 0.05) is 17.2 Å². The molecule has 3 rings (SSSR count). The van der Waals surface area contributed by atoms with Crippen LogP contribution in [0.3, 0.4) is 0 Å². The predicted molar refractivity (Wildman–Crippen MR) is 94.5 cm³/mol. The summed E-state index contributed by atoms with van der Waals surface area (Å²) in [5.41, 5.74) is 2.01. The lowest BCUT2D eigenvalue weighted by Gasteiger charge is -2.11. The molecule has 2 N–H and O–H groups in total. The molecule has 1 heterocycles. The van der Waals surface area contributed by atoms with E-state index < -0.39 is 4.92 Å². The molecule has 0 bridgehead atoms. The largest absolute Gasteiger partial charge is 0.346 e. The predicted octanol–water partition coefficient (Wildman–Crippen LogP) is 3.54. The first-order valence-electron chi connectivity index (χ1n) is 7.60. The number of carbonyl (C=O) groups excluding carboxylic acids is 1. The minimum absolute atomic E-state index is 0.0119. The second-order valence-corrected chi connectivity index (χ2v) is 6.11. The molecule has 0 spiro atoms. The molecule has 0 saturated carbocycles. The number of halogens is 1. The van der Waals surface area contributed by atoms with Gasteiger partial charge in [-0.2, -0.15) is 0 Å². The summed E-state index contributed by atoms with van der Waals surface area (Å²) in [5, 5.41) is 14.3. The van der Waals surface area contributed by atoms with E-state index in [1.807, 2.05) is 0 Å². The van der Waals surface area contributed by atoms with Gasteiger partial charge in [0.05, 0.1) is 28.4 Å². The van der Waals surface area contributed by atoms with Crippen LogP contribution in [-0.2, 0) is 11.2 Å². The maximum absolute atomic E-state index is 12.2. The van der Waals surface area contributed by atoms with Gasteiger partial charge in [-0.3, -0.25) is 14.9 Å². The first-order chi connectivity index (χ1) is 11.9. The average Bonchev–Trinajstić information content (AvgIpc) is 3.00. The molecule has 1 atom stereocenters. The molecule has 0 aliphatic heterocycles. The fourth-order valence-corrected chi connectivity index (χ4v) is 2.61. The molecule has 0 aliphatic rings. The highest BCUT2D eigenvalue weighted by Gasteiger charge is 2.15. The van der Waals surface area contributed by atoms with E-state index in [9.17, 15) is 14.9 Å². The van der Waals surface area contributed by atoms with Crippen LogP contribution in [0.2, 0.25) is 5.02 Å². The number of nitrogens with zero attached hydrogens (tertiary/aromatic N) is 2. The number of hydrogen-bond donors (Lipinski definition) is 2. The van der Waals surface area contributed by atoms with Crippen molar-refractivity contribution < 1.29 is 9.72 Å². The third-order valence-corrected chi connectivity index (χ3v) is 4.01. The van der Waals surface area contributed by atoms with Crippen molar-refractivity contribution in [3.63, 3.8) is 0 Å². The Hall–Kier alpha value is -2.93. The van der Waals surface area contributed by atoms with Gasteiger partial charge in [-0.05, 0) is 30.7 Å². The van der Waals surface area contributed by atoms with E-state index >= 15 is 0 Å². The van der Waals surface area contributed by atoms with Crippen LogP contribution in [0, 0.1) is 10.1 Å². The Morgan fingerprint density at radius 2 is 2.04 bits per heavy atom. The molecule has 7 nitrogen and oxygen atoms in total. The number of nitro benzene ring substituents is 1. The van der Waals surface area contributed by atoms with E-state index in [1.54, 1.807) is 37.3 Å². The van der Waals surface area contributed by atoms with Crippen LogP contribution < -0.4 is 5.32 Å². The number of imidazole rings is 1. The summed E-state index contributed by atoms with van der Waals surface area (Å²) in [6, 6.07) is 11.1. The van der Waals surface area contributed by atoms with E-state index in [2.05, 4.69) is 15.3 Å². The van der Waals surface area contributed by atoms with Gasteiger partial charge in [-0.15, -0.1) is 0 Å². The summed E-state index contributed by atoms with van der Waals surface area (Å²) in [6.45, 7) is 1.80. The zero-order valence-electron chi connectivity index (χ0n) is 13.3. The number of rotatable bonds is 5. The standard InChI is InChI=1S/C17H15ClN4O3/c1-10(19-16(23)8-11-2-4-12(18)5-3-11)17-20-14-7-6-13(22(24)25)9-15(14)21-17/h2-7,9-10H,8H2,1H3,(H,19,23)(H,20,21). The summed E-state index contributed by atoms with van der Waals surface area (Å²) in [6.07, 6.45) is 0.229. The molecule has 0 fully saturated rings. The molecule has 0 saturated heterocycles. The zero-order valence-corrected chi connectivity index (χ0v) is 14.1. The van der Waals surface area contributed by atoms with E-state index in [1.165, 1.54) is 12.1 Å². The van der Waals surface area contributed by atoms with Crippen molar-refractivity contribution in [2.45, 2.75) is 19.4 Å². The van der Waals surface area contributed by atoms with Crippen molar-refractivity contribution in [2.75, 3.05) is 0 Å². The van der Waals surface area contributed by atoms with Gasteiger partial charge in [0.25, 0.3) is 5.69 Å². The van der Waals surface area contributed by atoms with E-state index in [0.717, 1.165) is 5.56 Å². The Bertz CT molecular complexity index is 937. The van der Waals surface area contributed by atoms with E-state index in [4.69, 9.17) is 11.6 Å². The van der Waals surface area contributed by atoms with Gasteiger partial charge in [0.15, 0.2) is 0 Å². The van der Waals surface area contributed by atoms with Gasteiger partial charge in [-0.1, -0.05) is 23.7 Å². The normalized spacial score (nSPS) is 12.1. The molecule has 0 aliphatic carbocycles. The molecule has 1 aromatic heterocycles. The Morgan fingerprint density at radius 3 is 2.72 bits per heavy atom. The van der Waals surface area contributed by atoms with Crippen molar-refractivity contribution >= 4 is 34.2 Å². The Balaban J connectivity index is 1.70. The van der Waals surface area contributed by atoms with Crippen molar-refractivity contribution in [2.24, 2.45) is 0 Å². The topological polar surface area (TPSA) is 101 Å². The van der Waals surface area contributed by atoms with Crippen molar-refractivity contribution in [1.82, 2.24) is 15.3 Å². The van der Waals surface area contributed by atoms with Crippen LogP contribution in [0.25, 0.3) is 11.0 Å². The van der Waals surface area contributed by atoms with Gasteiger partial charge in [0.2, 0.25) is 5.91 Å². The summed E-state index contributed by atoms with van der Waals surface area (Å²) >= 11 is 5.83. The quantitative estimate of drug-likeness (QED) is 0.538. The van der Waals surface area contributed by atoms with Crippen LogP contribution in [0.15, 0.2) is 42.5 Å². The minimum Gasteiger partial charge on any atom is -0.346 e. The van der Waals surface area contributed by atoms with Crippen molar-refractivity contribution in [3.05, 3.63) is 69.0 Å². The third kappa shape index (κ3) is 3.95. The first kappa shape index (κ1) is 16.9. The molecule has 128 valence electrons. The van der Waals surface area contributed by atoms with Gasteiger partial charge in [-0.25, -0.2) is 4.98 Å². The average molecular weight is 359 g/mol. The number of H-pyrrole nitrogens is 1. The van der Waals surface area contributed by atoms with Crippen LogP contribution in [0.4, 0.5) is 5.69 Å². The fraction of sp³-hybridized carbons (Fsp3) is 0.176. The second-order valence-electron chi connectivity index (χ2n) is 5.67. The molecule has 25 heavy (non-hydrogen) atoms. The first-order valence-corrected chi connectivity index (χ1v) is 7.98. The molecule has 1 unspecified atom stereocenters. The van der Waals surface area contributed by atoms with Gasteiger partial charge in [0.1, 0.15) is 5.82 Å². The fourth-order valence-electron chi connectivity index (χ4n) is 2.48. The molecule has 2 aromatic carbocycles. The molecule has 3 aromatic rings. The van der Waals surface area contributed by atoms with Gasteiger partial charge < -0.3 is 10.3 Å². The van der Waals surface area contributed by atoms with Crippen molar-refractivity contribution in [3.8, 4) is 0 Å². The summed E-state index contributed by atoms with van der Waals surface area (Å²) in [4.78, 5) is 29.9. The number of nitrogens with one attached hydrogen (secondary N) is 2. The Labute approximate surface area is 148 Å². The highest BCUT2D eigenvalue weighted by molar-refractivity contribution is 6.30. The van der Waals surface area contributed by atoms with E-state index in [-0.39, 0.29) is 24.1 Å². The lowest BCUT2D eigenvalue weighted by Crippen LogP contribution is -2.28. The van der Waals surface area contributed by atoms with E-state index in [0.29, 0.717) is 21.9 Å². The Morgan fingerprint density at radius 1 is 1.32 bits per heavy atom. The number of hydrogen-bond acceptors (Lipinski definition) is 4. The minimum atomic E-state index is -0.461. The lowest BCUT2D eigenvalue weighted by molar-refractivity contribution is -0.384. The van der Waals surface area contributed by atoms with Crippen LogP contribution >= 0.6 is 11.6 Å². The summed E-state index contributed by atoms with van der Waals surface area (Å²) in [5.74, 6) is 0.390. The number of amides is 1. The number of benzene rings is 2. The highest BCUT2D eigenvalue weighted by atomic mass is 35.5. The number of aromatic amines is 1. The monoisotopic (exact) mass is 358 g/mol. The molecule has 8 heteroatoms. The molecule has 1 amide bonds. The van der Waals surface area contributed by atoms with Crippen LogP contribution in [0.1, 0.15) is 24.4 Å². The molecular weight excluding hydrogens is 344 g/mol. The van der Waals surface area contributed by atoms with Crippen molar-refractivity contribution in [1.29, 1.82) is 0 Å². The van der Waals surface area contributed by atoms with Crippen LogP contribution in [0.5, 0.6) is 0 Å². The number of nitro groups is 1. The maximum atomic E-state index is 12.2. The second kappa shape index (κ2) is 6.90. The van der Waals surface area contributed by atoms with Crippen LogP contribution in [-0.4, -0.2) is 20.8 Å². The summed E-state index contributed by atoms with van der Waals surface area (Å²) < 4.78 is 0. The number of non-ortho nitro benzene ring substituents is 1.